The number of anilines is 1. The molecule has 0 unspecified atom stereocenters. The number of amides is 1. The van der Waals surface area contributed by atoms with Gasteiger partial charge in [-0.2, -0.15) is 0 Å². The highest BCUT2D eigenvalue weighted by atomic mass is 16.6. The Kier molecular flexibility index (Phi) is 4.35. The molecule has 6 heteroatoms. The summed E-state index contributed by atoms with van der Waals surface area (Å²) >= 11 is 0. The molecule has 0 aliphatic heterocycles. The van der Waals surface area contributed by atoms with Crippen molar-refractivity contribution < 1.29 is 14.1 Å². The van der Waals surface area contributed by atoms with Crippen LogP contribution in [0.25, 0.3) is 11.3 Å². The van der Waals surface area contributed by atoms with Crippen LogP contribution in [0.4, 0.5) is 11.4 Å². The third-order valence-electron chi connectivity index (χ3n) is 3.91. The Morgan fingerprint density at radius 3 is 2.48 bits per heavy atom. The summed E-state index contributed by atoms with van der Waals surface area (Å²) in [5.74, 6) is 0.318. The summed E-state index contributed by atoms with van der Waals surface area (Å²) in [6, 6.07) is 15.2. The molecule has 3 rings (SSSR count). The van der Waals surface area contributed by atoms with Gasteiger partial charge in [-0.25, -0.2) is 0 Å². The van der Waals surface area contributed by atoms with Gasteiger partial charge in [-0.15, -0.1) is 0 Å². The van der Waals surface area contributed by atoms with Crippen molar-refractivity contribution in [3.63, 3.8) is 0 Å². The van der Waals surface area contributed by atoms with Crippen LogP contribution in [-0.2, 0) is 0 Å². The first-order valence-electron chi connectivity index (χ1n) is 7.68. The van der Waals surface area contributed by atoms with E-state index < -0.39 is 4.92 Å². The van der Waals surface area contributed by atoms with Crippen molar-refractivity contribution in [3.05, 3.63) is 81.6 Å². The molecule has 1 amide bonds. The van der Waals surface area contributed by atoms with Crippen LogP contribution in [0.1, 0.15) is 21.7 Å². The summed E-state index contributed by atoms with van der Waals surface area (Å²) < 4.78 is 5.64. The highest BCUT2D eigenvalue weighted by molar-refractivity contribution is 6.03. The van der Waals surface area contributed by atoms with E-state index in [0.29, 0.717) is 16.9 Å². The Hall–Kier alpha value is -3.41. The summed E-state index contributed by atoms with van der Waals surface area (Å²) in [6.07, 6.45) is 0. The van der Waals surface area contributed by atoms with Crippen LogP contribution in [0.15, 0.2) is 59.0 Å². The van der Waals surface area contributed by atoms with Gasteiger partial charge in [-0.1, -0.05) is 18.2 Å². The van der Waals surface area contributed by atoms with E-state index in [1.165, 1.54) is 12.1 Å². The lowest BCUT2D eigenvalue weighted by Gasteiger charge is -2.06. The first kappa shape index (κ1) is 16.4. The van der Waals surface area contributed by atoms with Crippen molar-refractivity contribution in [1.82, 2.24) is 0 Å². The highest BCUT2D eigenvalue weighted by Crippen LogP contribution is 2.28. The number of nitrogens with zero attached hydrogens (tertiary/aromatic N) is 1. The van der Waals surface area contributed by atoms with Gasteiger partial charge in [-0.3, -0.25) is 14.9 Å². The van der Waals surface area contributed by atoms with Crippen molar-refractivity contribution >= 4 is 17.3 Å². The largest absolute Gasteiger partial charge is 0.451 e. The number of rotatable bonds is 4. The third kappa shape index (κ3) is 3.42. The van der Waals surface area contributed by atoms with Crippen molar-refractivity contribution in [2.24, 2.45) is 0 Å². The molecule has 2 aromatic carbocycles. The number of nitrogens with one attached hydrogen (secondary N) is 1. The number of furan rings is 1. The van der Waals surface area contributed by atoms with Gasteiger partial charge in [0.25, 0.3) is 11.6 Å². The second kappa shape index (κ2) is 6.60. The first-order chi connectivity index (χ1) is 12.0. The molecule has 3 aromatic rings. The van der Waals surface area contributed by atoms with Crippen molar-refractivity contribution in [2.75, 3.05) is 5.32 Å². The number of benzene rings is 2. The fourth-order valence-electron chi connectivity index (χ4n) is 2.54. The van der Waals surface area contributed by atoms with Crippen molar-refractivity contribution in [3.8, 4) is 11.3 Å². The molecule has 0 saturated heterocycles. The van der Waals surface area contributed by atoms with E-state index >= 15 is 0 Å². The zero-order valence-electron chi connectivity index (χ0n) is 13.8. The van der Waals surface area contributed by atoms with Gasteiger partial charge < -0.3 is 9.73 Å². The Morgan fingerprint density at radius 1 is 1.04 bits per heavy atom. The predicted molar refractivity (Wildman–Crippen MR) is 94.7 cm³/mol. The molecule has 25 heavy (non-hydrogen) atoms. The summed E-state index contributed by atoms with van der Waals surface area (Å²) in [6.45, 7) is 3.67. The van der Waals surface area contributed by atoms with Gasteiger partial charge in [0.1, 0.15) is 5.76 Å². The molecule has 0 saturated carbocycles. The number of carbonyl (C=O) groups is 1. The van der Waals surface area contributed by atoms with Gasteiger partial charge in [0.2, 0.25) is 0 Å². The average Bonchev–Trinajstić information content (AvgIpc) is 3.06. The standard InChI is InChI=1S/C19H16N2O4/c1-12-5-3-4-6-16(12)20-19(22)18-10-9-17(25-18)15-8-7-14(21(23)24)11-13(15)2/h3-11H,1-2H3,(H,20,22). The Labute approximate surface area is 144 Å². The van der Waals surface area contributed by atoms with Crippen LogP contribution in [0.3, 0.4) is 0 Å². The van der Waals surface area contributed by atoms with Gasteiger partial charge in [0.05, 0.1) is 4.92 Å². The molecule has 1 heterocycles. The van der Waals surface area contributed by atoms with Crippen molar-refractivity contribution in [1.29, 1.82) is 0 Å². The van der Waals surface area contributed by atoms with Crippen LogP contribution >= 0.6 is 0 Å². The average molecular weight is 336 g/mol. The monoisotopic (exact) mass is 336 g/mol. The molecule has 0 atom stereocenters. The zero-order chi connectivity index (χ0) is 18.0. The van der Waals surface area contributed by atoms with Crippen LogP contribution in [0.2, 0.25) is 0 Å². The minimum atomic E-state index is -0.444. The minimum Gasteiger partial charge on any atom is -0.451 e. The maximum absolute atomic E-state index is 12.3. The minimum absolute atomic E-state index is 0.0188. The van der Waals surface area contributed by atoms with Crippen LogP contribution in [-0.4, -0.2) is 10.8 Å². The molecule has 6 nitrogen and oxygen atoms in total. The van der Waals surface area contributed by atoms with E-state index in [2.05, 4.69) is 5.32 Å². The third-order valence-corrected chi connectivity index (χ3v) is 3.91. The SMILES string of the molecule is Cc1ccccc1NC(=O)c1ccc(-c2ccc([N+](=O)[O-])cc2C)o1. The number of non-ortho nitro benzene ring substituents is 1. The lowest BCUT2D eigenvalue weighted by atomic mass is 10.1. The molecule has 0 fully saturated rings. The zero-order valence-corrected chi connectivity index (χ0v) is 13.8. The summed E-state index contributed by atoms with van der Waals surface area (Å²) in [7, 11) is 0. The highest BCUT2D eigenvalue weighted by Gasteiger charge is 2.16. The second-order valence-electron chi connectivity index (χ2n) is 5.69. The van der Waals surface area contributed by atoms with Gasteiger partial charge in [0.15, 0.2) is 5.76 Å². The fourth-order valence-corrected chi connectivity index (χ4v) is 2.54. The number of para-hydroxylation sites is 1. The van der Waals surface area contributed by atoms with Crippen LogP contribution in [0.5, 0.6) is 0 Å². The summed E-state index contributed by atoms with van der Waals surface area (Å²) in [5, 5.41) is 13.6. The lowest BCUT2D eigenvalue weighted by Crippen LogP contribution is -2.11. The molecule has 0 aliphatic rings. The molecule has 1 N–H and O–H groups in total. The van der Waals surface area contributed by atoms with E-state index in [4.69, 9.17) is 4.42 Å². The smallest absolute Gasteiger partial charge is 0.291 e. The van der Waals surface area contributed by atoms with Crippen LogP contribution in [0, 0.1) is 24.0 Å². The molecular formula is C19H16N2O4. The summed E-state index contributed by atoms with van der Waals surface area (Å²) in [4.78, 5) is 22.7. The maximum atomic E-state index is 12.3. The van der Waals surface area contributed by atoms with E-state index in [0.717, 1.165) is 11.3 Å². The van der Waals surface area contributed by atoms with E-state index in [9.17, 15) is 14.9 Å². The quantitative estimate of drug-likeness (QED) is 0.551. The number of nitro groups is 1. The van der Waals surface area contributed by atoms with Crippen LogP contribution < -0.4 is 5.32 Å². The second-order valence-corrected chi connectivity index (χ2v) is 5.69. The number of hydrogen-bond acceptors (Lipinski definition) is 4. The number of aryl methyl sites for hydroxylation is 2. The number of nitro benzene ring substituents is 1. The molecule has 0 radical (unpaired) electrons. The van der Waals surface area contributed by atoms with E-state index in [1.54, 1.807) is 25.1 Å². The Bertz CT molecular complexity index is 960. The Balaban J connectivity index is 1.84. The lowest BCUT2D eigenvalue weighted by molar-refractivity contribution is -0.384. The van der Waals surface area contributed by atoms with Crippen molar-refractivity contribution in [2.45, 2.75) is 13.8 Å². The van der Waals surface area contributed by atoms with E-state index in [-0.39, 0.29) is 17.4 Å². The number of carbonyl (C=O) groups excluding carboxylic acids is 1. The first-order valence-corrected chi connectivity index (χ1v) is 7.68. The van der Waals surface area contributed by atoms with Gasteiger partial charge in [-0.05, 0) is 49.2 Å². The summed E-state index contributed by atoms with van der Waals surface area (Å²) in [5.41, 5.74) is 3.10. The topological polar surface area (TPSA) is 85.4 Å². The molecule has 0 spiro atoms. The molecule has 0 bridgehead atoms. The normalized spacial score (nSPS) is 10.5. The van der Waals surface area contributed by atoms with Gasteiger partial charge in [0, 0.05) is 23.4 Å². The molecule has 0 aliphatic carbocycles. The maximum Gasteiger partial charge on any atom is 0.291 e. The number of hydrogen-bond donors (Lipinski definition) is 1. The van der Waals surface area contributed by atoms with E-state index in [1.807, 2.05) is 31.2 Å². The predicted octanol–water partition coefficient (Wildman–Crippen LogP) is 4.72. The molecule has 126 valence electrons. The van der Waals surface area contributed by atoms with Gasteiger partial charge >= 0.3 is 0 Å². The molecule has 1 aromatic heterocycles. The molecular weight excluding hydrogens is 320 g/mol. The Morgan fingerprint density at radius 2 is 1.80 bits per heavy atom. The fraction of sp³-hybridized carbons (Fsp3) is 0.105.